The maximum Gasteiger partial charge on any atom is 0.416 e. The SMILES string of the molecule is O=c1[nH]c(=O)n(CCCN2C[C@H]3CC3(c3cccc(C(F)(F)F)c3)C2)cc1I. The third kappa shape index (κ3) is 3.66. The Balaban J connectivity index is 1.39. The molecule has 1 aliphatic heterocycles. The van der Waals surface area contributed by atoms with Gasteiger partial charge in [0.25, 0.3) is 5.56 Å². The van der Waals surface area contributed by atoms with Crippen molar-refractivity contribution in [2.75, 3.05) is 19.6 Å². The smallest absolute Gasteiger partial charge is 0.302 e. The third-order valence-corrected chi connectivity index (χ3v) is 6.59. The lowest BCUT2D eigenvalue weighted by Crippen LogP contribution is -2.33. The van der Waals surface area contributed by atoms with Gasteiger partial charge < -0.3 is 4.90 Å². The fourth-order valence-electron chi connectivity index (χ4n) is 4.32. The van der Waals surface area contributed by atoms with Crippen LogP contribution in [0.5, 0.6) is 0 Å². The third-order valence-electron chi connectivity index (χ3n) is 5.82. The molecule has 1 saturated carbocycles. The lowest BCUT2D eigenvalue weighted by atomic mass is 9.93. The molecule has 2 atom stereocenters. The minimum Gasteiger partial charge on any atom is -0.302 e. The molecule has 0 bridgehead atoms. The quantitative estimate of drug-likeness (QED) is 0.637. The molecule has 4 rings (SSSR count). The van der Waals surface area contributed by atoms with E-state index >= 15 is 0 Å². The van der Waals surface area contributed by atoms with E-state index in [-0.39, 0.29) is 11.0 Å². The van der Waals surface area contributed by atoms with Gasteiger partial charge in [-0.2, -0.15) is 13.2 Å². The summed E-state index contributed by atoms with van der Waals surface area (Å²) < 4.78 is 41.0. The highest BCUT2D eigenvalue weighted by Gasteiger charge is 2.60. The summed E-state index contributed by atoms with van der Waals surface area (Å²) in [5.74, 6) is 0.396. The Labute approximate surface area is 172 Å². The number of aromatic amines is 1. The first-order chi connectivity index (χ1) is 13.2. The monoisotopic (exact) mass is 505 g/mol. The van der Waals surface area contributed by atoms with Gasteiger partial charge in [-0.3, -0.25) is 14.3 Å². The van der Waals surface area contributed by atoms with Crippen LogP contribution in [0.15, 0.2) is 40.1 Å². The number of alkyl halides is 3. The molecular formula is C19H19F3IN3O2. The number of H-pyrrole nitrogens is 1. The van der Waals surface area contributed by atoms with Gasteiger partial charge in [0.2, 0.25) is 0 Å². The van der Waals surface area contributed by atoms with Gasteiger partial charge in [-0.05, 0) is 59.5 Å². The van der Waals surface area contributed by atoms with Crippen LogP contribution in [0.4, 0.5) is 13.2 Å². The Kier molecular flexibility index (Phi) is 4.93. The van der Waals surface area contributed by atoms with Crippen LogP contribution in [0, 0.1) is 9.49 Å². The minimum absolute atomic E-state index is 0.161. The van der Waals surface area contributed by atoms with Crippen LogP contribution in [-0.4, -0.2) is 34.1 Å². The van der Waals surface area contributed by atoms with E-state index in [0.29, 0.717) is 16.0 Å². The van der Waals surface area contributed by atoms with Crippen LogP contribution < -0.4 is 11.2 Å². The number of nitrogens with zero attached hydrogens (tertiary/aromatic N) is 2. The van der Waals surface area contributed by atoms with E-state index in [1.807, 2.05) is 22.6 Å². The average Bonchev–Trinajstić information content (AvgIpc) is 3.21. The molecule has 5 nitrogen and oxygen atoms in total. The van der Waals surface area contributed by atoms with Crippen molar-refractivity contribution >= 4 is 22.6 Å². The summed E-state index contributed by atoms with van der Waals surface area (Å²) in [6.45, 7) is 2.87. The van der Waals surface area contributed by atoms with Gasteiger partial charge in [-0.1, -0.05) is 18.2 Å². The Morgan fingerprint density at radius 1 is 1.25 bits per heavy atom. The van der Waals surface area contributed by atoms with Gasteiger partial charge in [-0.25, -0.2) is 4.79 Å². The molecule has 2 heterocycles. The number of halogens is 4. The molecular weight excluding hydrogens is 486 g/mol. The second-order valence-corrected chi connectivity index (χ2v) is 8.82. The van der Waals surface area contributed by atoms with Crippen molar-refractivity contribution in [3.05, 3.63) is 66.0 Å². The Morgan fingerprint density at radius 3 is 2.79 bits per heavy atom. The van der Waals surface area contributed by atoms with Crippen LogP contribution in [-0.2, 0) is 18.1 Å². The van der Waals surface area contributed by atoms with Crippen LogP contribution in [0.2, 0.25) is 0 Å². The van der Waals surface area contributed by atoms with Gasteiger partial charge in [0.15, 0.2) is 0 Å². The van der Waals surface area contributed by atoms with E-state index in [4.69, 9.17) is 0 Å². The minimum atomic E-state index is -4.32. The highest BCUT2D eigenvalue weighted by Crippen LogP contribution is 2.59. The van der Waals surface area contributed by atoms with Crippen LogP contribution in [0.1, 0.15) is 24.0 Å². The number of likely N-dealkylation sites (tertiary alicyclic amines) is 1. The predicted molar refractivity (Wildman–Crippen MR) is 106 cm³/mol. The van der Waals surface area contributed by atoms with E-state index in [0.717, 1.165) is 44.1 Å². The van der Waals surface area contributed by atoms with Crippen LogP contribution >= 0.6 is 22.6 Å². The van der Waals surface area contributed by atoms with Crippen molar-refractivity contribution in [2.45, 2.75) is 31.0 Å². The molecule has 0 spiro atoms. The lowest BCUT2D eigenvalue weighted by Gasteiger charge is -2.21. The van der Waals surface area contributed by atoms with Gasteiger partial charge in [0.1, 0.15) is 0 Å². The number of rotatable bonds is 5. The summed E-state index contributed by atoms with van der Waals surface area (Å²) in [5.41, 5.74) is -0.776. The molecule has 150 valence electrons. The molecule has 1 saturated heterocycles. The molecule has 28 heavy (non-hydrogen) atoms. The maximum atomic E-state index is 13.0. The number of fused-ring (bicyclic) bond motifs is 1. The summed E-state index contributed by atoms with van der Waals surface area (Å²) in [6, 6.07) is 5.72. The summed E-state index contributed by atoms with van der Waals surface area (Å²) in [7, 11) is 0. The van der Waals surface area contributed by atoms with Crippen molar-refractivity contribution in [3.8, 4) is 0 Å². The second-order valence-electron chi connectivity index (χ2n) is 7.65. The number of piperidine rings is 1. The molecule has 1 N–H and O–H groups in total. The Morgan fingerprint density at radius 2 is 2.04 bits per heavy atom. The number of nitrogens with one attached hydrogen (secondary N) is 1. The molecule has 9 heteroatoms. The zero-order chi connectivity index (χ0) is 20.1. The molecule has 1 unspecified atom stereocenters. The van der Waals surface area contributed by atoms with Crippen molar-refractivity contribution in [1.29, 1.82) is 0 Å². The molecule has 2 aromatic rings. The van der Waals surface area contributed by atoms with Crippen LogP contribution in [0.25, 0.3) is 0 Å². The second kappa shape index (κ2) is 7.01. The summed E-state index contributed by atoms with van der Waals surface area (Å²) >= 11 is 1.89. The van der Waals surface area contributed by atoms with Crippen molar-refractivity contribution in [2.24, 2.45) is 5.92 Å². The van der Waals surface area contributed by atoms with Crippen molar-refractivity contribution < 1.29 is 13.2 Å². The zero-order valence-electron chi connectivity index (χ0n) is 14.9. The standard InChI is InChI=1S/C19H19F3IN3O2/c20-19(21,22)13-4-1-3-12(7-13)18-8-14(18)9-25(11-18)5-2-6-26-10-15(23)16(27)24-17(26)28/h1,3-4,7,10,14H,2,5-6,8-9,11H2,(H,24,27,28)/t14-,18?/m1/s1. The molecule has 1 aliphatic carbocycles. The molecule has 0 radical (unpaired) electrons. The maximum absolute atomic E-state index is 13.0. The van der Waals surface area contributed by atoms with E-state index in [2.05, 4.69) is 9.88 Å². The molecule has 2 aliphatic rings. The number of hydrogen-bond donors (Lipinski definition) is 1. The molecule has 1 aromatic heterocycles. The predicted octanol–water partition coefficient (Wildman–Crippen LogP) is 2.82. The zero-order valence-corrected chi connectivity index (χ0v) is 17.1. The van der Waals surface area contributed by atoms with Gasteiger partial charge >= 0.3 is 11.9 Å². The van der Waals surface area contributed by atoms with Gasteiger partial charge in [0.05, 0.1) is 9.13 Å². The summed E-state index contributed by atoms with van der Waals surface area (Å²) in [4.78, 5) is 27.8. The fourth-order valence-corrected chi connectivity index (χ4v) is 4.79. The van der Waals surface area contributed by atoms with Gasteiger partial charge in [0, 0.05) is 31.2 Å². The number of aryl methyl sites for hydroxylation is 1. The first-order valence-electron chi connectivity index (χ1n) is 9.08. The van der Waals surface area contributed by atoms with E-state index in [1.165, 1.54) is 16.7 Å². The highest BCUT2D eigenvalue weighted by atomic mass is 127. The Hall–Kier alpha value is -1.62. The van der Waals surface area contributed by atoms with E-state index < -0.39 is 17.4 Å². The normalized spacial score (nSPS) is 24.4. The number of hydrogen-bond acceptors (Lipinski definition) is 3. The first-order valence-corrected chi connectivity index (χ1v) is 10.2. The van der Waals surface area contributed by atoms with Crippen molar-refractivity contribution in [1.82, 2.24) is 14.5 Å². The summed E-state index contributed by atoms with van der Waals surface area (Å²) in [6.07, 6.45) is -1.11. The van der Waals surface area contributed by atoms with Crippen LogP contribution in [0.3, 0.4) is 0 Å². The topological polar surface area (TPSA) is 58.1 Å². The average molecular weight is 505 g/mol. The van der Waals surface area contributed by atoms with E-state index in [9.17, 15) is 22.8 Å². The molecule has 1 aromatic carbocycles. The number of aromatic nitrogens is 2. The lowest BCUT2D eigenvalue weighted by molar-refractivity contribution is -0.137. The summed E-state index contributed by atoms with van der Waals surface area (Å²) in [5, 5.41) is 0. The van der Waals surface area contributed by atoms with Gasteiger partial charge in [-0.15, -0.1) is 0 Å². The first kappa shape index (κ1) is 19.7. The van der Waals surface area contributed by atoms with E-state index in [1.54, 1.807) is 12.3 Å². The molecule has 2 fully saturated rings. The van der Waals surface area contributed by atoms with Crippen molar-refractivity contribution in [3.63, 3.8) is 0 Å². The number of benzene rings is 1. The highest BCUT2D eigenvalue weighted by molar-refractivity contribution is 14.1. The largest absolute Gasteiger partial charge is 0.416 e. The molecule has 0 amide bonds. The Bertz CT molecular complexity index is 1020. The fraction of sp³-hybridized carbons (Fsp3) is 0.474.